The normalized spacial score (nSPS) is 11.1. The van der Waals surface area contributed by atoms with E-state index in [-0.39, 0.29) is 5.82 Å². The van der Waals surface area contributed by atoms with Crippen molar-refractivity contribution in [2.45, 2.75) is 0 Å². The first kappa shape index (κ1) is 8.97. The van der Waals surface area contributed by atoms with E-state index in [1.807, 2.05) is 0 Å². The molecule has 0 radical (unpaired) electrons. The zero-order valence-electron chi connectivity index (χ0n) is 6.68. The van der Waals surface area contributed by atoms with Crippen molar-refractivity contribution in [3.05, 3.63) is 27.6 Å². The lowest BCUT2D eigenvalue weighted by Crippen LogP contribution is -1.86. The van der Waals surface area contributed by atoms with Crippen molar-refractivity contribution in [3.8, 4) is 0 Å². The van der Waals surface area contributed by atoms with Crippen LogP contribution in [0.3, 0.4) is 0 Å². The Morgan fingerprint density at radius 2 is 2.31 bits per heavy atom. The van der Waals surface area contributed by atoms with E-state index in [0.717, 1.165) is 0 Å². The van der Waals surface area contributed by atoms with Crippen LogP contribution in [0.15, 0.2) is 16.7 Å². The summed E-state index contributed by atoms with van der Waals surface area (Å²) in [5.74, 6) is -0.369. The molecule has 1 aromatic carbocycles. The van der Waals surface area contributed by atoms with Gasteiger partial charge in [-0.1, -0.05) is 11.6 Å². The monoisotopic (exact) mass is 262 g/mol. The predicted octanol–water partition coefficient (Wildman–Crippen LogP) is 3.13. The quantitative estimate of drug-likeness (QED) is 0.668. The van der Waals surface area contributed by atoms with Crippen LogP contribution in [0.4, 0.5) is 4.39 Å². The number of halogens is 3. The first-order chi connectivity index (χ1) is 6.09. The zero-order chi connectivity index (χ0) is 9.59. The van der Waals surface area contributed by atoms with E-state index >= 15 is 0 Å². The Morgan fingerprint density at radius 1 is 1.62 bits per heavy atom. The second-order valence-electron chi connectivity index (χ2n) is 2.72. The van der Waals surface area contributed by atoms with Gasteiger partial charge in [-0.25, -0.2) is 4.39 Å². The number of fused-ring (bicyclic) bond motifs is 1. The highest BCUT2D eigenvalue weighted by atomic mass is 79.9. The summed E-state index contributed by atoms with van der Waals surface area (Å²) < 4.78 is 15.4. The molecule has 5 heteroatoms. The van der Waals surface area contributed by atoms with E-state index in [9.17, 15) is 4.39 Å². The van der Waals surface area contributed by atoms with Gasteiger partial charge < -0.3 is 0 Å². The topological polar surface area (TPSA) is 17.8 Å². The van der Waals surface area contributed by atoms with Crippen LogP contribution in [-0.2, 0) is 7.05 Å². The van der Waals surface area contributed by atoms with Gasteiger partial charge >= 0.3 is 0 Å². The maximum atomic E-state index is 13.3. The Morgan fingerprint density at radius 3 is 3.00 bits per heavy atom. The van der Waals surface area contributed by atoms with Gasteiger partial charge in [0.1, 0.15) is 5.52 Å². The van der Waals surface area contributed by atoms with E-state index in [4.69, 9.17) is 11.6 Å². The van der Waals surface area contributed by atoms with Gasteiger partial charge in [-0.2, -0.15) is 5.10 Å². The van der Waals surface area contributed by atoms with Gasteiger partial charge in [0.25, 0.3) is 0 Å². The van der Waals surface area contributed by atoms with Crippen molar-refractivity contribution < 1.29 is 4.39 Å². The van der Waals surface area contributed by atoms with Crippen LogP contribution in [0.1, 0.15) is 0 Å². The summed E-state index contributed by atoms with van der Waals surface area (Å²) in [4.78, 5) is 0. The van der Waals surface area contributed by atoms with Crippen LogP contribution in [0.5, 0.6) is 0 Å². The van der Waals surface area contributed by atoms with Crippen molar-refractivity contribution in [2.24, 2.45) is 7.05 Å². The van der Waals surface area contributed by atoms with Gasteiger partial charge in [0.05, 0.1) is 5.02 Å². The van der Waals surface area contributed by atoms with Crippen LogP contribution in [0, 0.1) is 5.82 Å². The number of rotatable bonds is 0. The lowest BCUT2D eigenvalue weighted by Gasteiger charge is -1.96. The molecule has 0 atom stereocenters. The maximum absolute atomic E-state index is 13.3. The molecule has 0 N–H and O–H groups in total. The fourth-order valence-electron chi connectivity index (χ4n) is 1.20. The molecule has 1 aromatic heterocycles. The van der Waals surface area contributed by atoms with Gasteiger partial charge in [-0.15, -0.1) is 0 Å². The van der Waals surface area contributed by atoms with E-state index < -0.39 is 0 Å². The Bertz CT molecular complexity index is 480. The minimum atomic E-state index is -0.369. The summed E-state index contributed by atoms with van der Waals surface area (Å²) in [5.41, 5.74) is 0.302. The molecule has 13 heavy (non-hydrogen) atoms. The summed E-state index contributed by atoms with van der Waals surface area (Å²) in [5, 5.41) is 5.06. The summed E-state index contributed by atoms with van der Waals surface area (Å²) in [6.45, 7) is 0. The summed E-state index contributed by atoms with van der Waals surface area (Å²) >= 11 is 9.11. The number of aromatic nitrogens is 2. The summed E-state index contributed by atoms with van der Waals surface area (Å²) in [6.07, 6.45) is 1.69. The third-order valence-corrected chi connectivity index (χ3v) is 3.02. The van der Waals surface area contributed by atoms with Crippen LogP contribution in [0.25, 0.3) is 10.9 Å². The average molecular weight is 263 g/mol. The lowest BCUT2D eigenvalue weighted by molar-refractivity contribution is 0.631. The van der Waals surface area contributed by atoms with Crippen molar-refractivity contribution in [3.63, 3.8) is 0 Å². The Hall–Kier alpha value is -0.610. The minimum Gasteiger partial charge on any atom is -0.274 e. The average Bonchev–Trinajstić information content (AvgIpc) is 2.44. The van der Waals surface area contributed by atoms with Crippen molar-refractivity contribution in [2.75, 3.05) is 0 Å². The number of aryl methyl sites for hydroxylation is 1. The third-order valence-electron chi connectivity index (χ3n) is 1.75. The number of hydrogen-bond donors (Lipinski definition) is 0. The predicted molar refractivity (Wildman–Crippen MR) is 53.4 cm³/mol. The molecule has 0 spiro atoms. The molecule has 2 aromatic rings. The van der Waals surface area contributed by atoms with Gasteiger partial charge in [-0.3, -0.25) is 4.68 Å². The first-order valence-corrected chi connectivity index (χ1v) is 4.73. The molecule has 0 unspecified atom stereocenters. The van der Waals surface area contributed by atoms with E-state index in [2.05, 4.69) is 21.0 Å². The third kappa shape index (κ3) is 1.34. The minimum absolute atomic E-state index is 0.302. The summed E-state index contributed by atoms with van der Waals surface area (Å²) in [6, 6.07) is 1.32. The van der Waals surface area contributed by atoms with Gasteiger partial charge in [0, 0.05) is 23.1 Å². The van der Waals surface area contributed by atoms with Crippen molar-refractivity contribution in [1.29, 1.82) is 0 Å². The maximum Gasteiger partial charge on any atom is 0.152 e. The van der Waals surface area contributed by atoms with Crippen LogP contribution in [-0.4, -0.2) is 9.78 Å². The van der Waals surface area contributed by atoms with E-state index in [0.29, 0.717) is 20.4 Å². The molecular weight excluding hydrogens is 258 g/mol. The Labute approximate surface area is 87.4 Å². The second-order valence-corrected chi connectivity index (χ2v) is 3.95. The zero-order valence-corrected chi connectivity index (χ0v) is 9.02. The molecule has 0 saturated heterocycles. The first-order valence-electron chi connectivity index (χ1n) is 3.56. The molecule has 0 bridgehead atoms. The summed E-state index contributed by atoms with van der Waals surface area (Å²) in [7, 11) is 1.73. The fraction of sp³-hybridized carbons (Fsp3) is 0.125. The molecular formula is C8H5BrClFN2. The molecule has 1 heterocycles. The molecule has 0 amide bonds. The molecule has 0 fully saturated rings. The van der Waals surface area contributed by atoms with Gasteiger partial charge in [0.2, 0.25) is 0 Å². The van der Waals surface area contributed by atoms with E-state index in [1.54, 1.807) is 13.2 Å². The Kier molecular flexibility index (Phi) is 2.04. The van der Waals surface area contributed by atoms with Crippen LogP contribution < -0.4 is 0 Å². The van der Waals surface area contributed by atoms with Gasteiger partial charge in [0.15, 0.2) is 5.82 Å². The SMILES string of the molecule is Cn1cc2c(Cl)c(Br)cc(F)c2n1. The smallest absolute Gasteiger partial charge is 0.152 e. The second kappa shape index (κ2) is 2.96. The number of hydrogen-bond acceptors (Lipinski definition) is 1. The Balaban J connectivity index is 2.95. The highest BCUT2D eigenvalue weighted by Crippen LogP contribution is 2.32. The number of nitrogens with zero attached hydrogens (tertiary/aromatic N) is 2. The highest BCUT2D eigenvalue weighted by molar-refractivity contribution is 9.10. The molecule has 0 aliphatic rings. The standard InChI is InChI=1S/C8H5BrClFN2/c1-13-3-4-7(10)5(9)2-6(11)8(4)12-13/h2-3H,1H3. The largest absolute Gasteiger partial charge is 0.274 e. The van der Waals surface area contributed by atoms with Crippen LogP contribution in [0.2, 0.25) is 5.02 Å². The molecule has 0 aliphatic heterocycles. The molecule has 2 rings (SSSR count). The van der Waals surface area contributed by atoms with Crippen molar-refractivity contribution >= 4 is 38.4 Å². The highest BCUT2D eigenvalue weighted by Gasteiger charge is 2.11. The molecule has 0 saturated carbocycles. The molecule has 2 nitrogen and oxygen atoms in total. The van der Waals surface area contributed by atoms with E-state index in [1.165, 1.54) is 10.7 Å². The van der Waals surface area contributed by atoms with Gasteiger partial charge in [-0.05, 0) is 22.0 Å². The molecule has 68 valence electrons. The lowest BCUT2D eigenvalue weighted by atomic mass is 10.2. The number of benzene rings is 1. The van der Waals surface area contributed by atoms with Crippen LogP contribution >= 0.6 is 27.5 Å². The van der Waals surface area contributed by atoms with Crippen molar-refractivity contribution in [1.82, 2.24) is 9.78 Å². The molecule has 0 aliphatic carbocycles. The fourth-order valence-corrected chi connectivity index (χ4v) is 1.80.